The number of fused-ring (bicyclic) bond motifs is 1. The van der Waals surface area contributed by atoms with E-state index < -0.39 is 0 Å². The van der Waals surface area contributed by atoms with Crippen LogP contribution in [-0.2, 0) is 11.2 Å². The van der Waals surface area contributed by atoms with Gasteiger partial charge in [-0.05, 0) is 43.7 Å². The molecule has 3 rings (SSSR count). The maximum atomic E-state index is 12.8. The highest BCUT2D eigenvalue weighted by molar-refractivity contribution is 7.22. The van der Waals surface area contributed by atoms with E-state index in [1.54, 1.807) is 16.2 Å². The van der Waals surface area contributed by atoms with E-state index in [2.05, 4.69) is 9.88 Å². The molecule has 0 fully saturated rings. The minimum absolute atomic E-state index is 0.0736. The van der Waals surface area contributed by atoms with Gasteiger partial charge in [-0.3, -0.25) is 9.69 Å². The molecule has 7 heteroatoms. The quantitative estimate of drug-likeness (QED) is 0.645. The van der Waals surface area contributed by atoms with Gasteiger partial charge in [0.2, 0.25) is 5.91 Å². The predicted molar refractivity (Wildman–Crippen MR) is 104 cm³/mol. The van der Waals surface area contributed by atoms with Gasteiger partial charge in [0.1, 0.15) is 0 Å². The molecular formula is C17H18ClN3OS2. The highest BCUT2D eigenvalue weighted by Crippen LogP contribution is 2.31. The number of hydrogen-bond donors (Lipinski definition) is 0. The number of amides is 1. The van der Waals surface area contributed by atoms with Crippen molar-refractivity contribution >= 4 is 55.5 Å². The molecule has 0 N–H and O–H groups in total. The first-order valence-corrected chi connectivity index (χ1v) is 9.64. The Morgan fingerprint density at radius 3 is 2.79 bits per heavy atom. The molecule has 0 saturated heterocycles. The summed E-state index contributed by atoms with van der Waals surface area (Å²) in [4.78, 5) is 22.4. The van der Waals surface area contributed by atoms with Crippen LogP contribution in [0.15, 0.2) is 35.7 Å². The number of rotatable bonds is 6. The van der Waals surface area contributed by atoms with Gasteiger partial charge in [0.15, 0.2) is 5.13 Å². The molecule has 0 bridgehead atoms. The predicted octanol–water partition coefficient (Wildman–Crippen LogP) is 4.15. The lowest BCUT2D eigenvalue weighted by molar-refractivity contribution is -0.118. The normalized spacial score (nSPS) is 11.3. The first kappa shape index (κ1) is 17.4. The van der Waals surface area contributed by atoms with Gasteiger partial charge in [-0.2, -0.15) is 0 Å². The fourth-order valence-corrected chi connectivity index (χ4v) is 4.27. The number of carbonyl (C=O) groups is 1. The summed E-state index contributed by atoms with van der Waals surface area (Å²) in [6.45, 7) is 1.40. The maximum Gasteiger partial charge on any atom is 0.234 e. The Kier molecular flexibility index (Phi) is 5.50. The molecule has 3 aromatic rings. The van der Waals surface area contributed by atoms with E-state index in [0.29, 0.717) is 18.0 Å². The molecule has 0 aliphatic heterocycles. The van der Waals surface area contributed by atoms with Gasteiger partial charge in [-0.1, -0.05) is 29.0 Å². The highest BCUT2D eigenvalue weighted by Gasteiger charge is 2.20. The zero-order valence-electron chi connectivity index (χ0n) is 13.5. The number of thiazole rings is 1. The van der Waals surface area contributed by atoms with E-state index in [1.807, 2.05) is 49.8 Å². The van der Waals surface area contributed by atoms with Crippen LogP contribution < -0.4 is 4.90 Å². The molecule has 2 aromatic heterocycles. The number of anilines is 1. The average Bonchev–Trinajstić information content (AvgIpc) is 3.16. The largest absolute Gasteiger partial charge is 0.308 e. The van der Waals surface area contributed by atoms with E-state index >= 15 is 0 Å². The Morgan fingerprint density at radius 1 is 1.25 bits per heavy atom. The Labute approximate surface area is 154 Å². The van der Waals surface area contributed by atoms with Gasteiger partial charge in [0.25, 0.3) is 0 Å². The summed E-state index contributed by atoms with van der Waals surface area (Å²) in [7, 11) is 4.00. The molecule has 126 valence electrons. The summed E-state index contributed by atoms with van der Waals surface area (Å²) < 4.78 is 0.997. The highest BCUT2D eigenvalue weighted by atomic mass is 35.5. The van der Waals surface area contributed by atoms with Crippen LogP contribution in [0.5, 0.6) is 0 Å². The third-order valence-corrected chi connectivity index (χ3v) is 5.70. The summed E-state index contributed by atoms with van der Waals surface area (Å²) in [6.07, 6.45) is 0.405. The minimum Gasteiger partial charge on any atom is -0.308 e. The molecule has 1 aromatic carbocycles. The summed E-state index contributed by atoms with van der Waals surface area (Å²) in [5, 5.41) is 3.41. The molecule has 0 unspecified atom stereocenters. The van der Waals surface area contributed by atoms with E-state index in [4.69, 9.17) is 11.6 Å². The second-order valence-corrected chi connectivity index (χ2v) is 8.19. The number of benzene rings is 1. The molecule has 24 heavy (non-hydrogen) atoms. The lowest BCUT2D eigenvalue weighted by Gasteiger charge is -2.21. The summed E-state index contributed by atoms with van der Waals surface area (Å²) in [5.74, 6) is 0.0736. The maximum absolute atomic E-state index is 12.8. The van der Waals surface area contributed by atoms with Gasteiger partial charge in [-0.25, -0.2) is 4.98 Å². The number of thiophene rings is 1. The SMILES string of the molecule is CN(C)CCN(C(=O)Cc1cccs1)c1nc2ccc(Cl)cc2s1. The van der Waals surface area contributed by atoms with Crippen LogP contribution >= 0.6 is 34.3 Å². The second kappa shape index (κ2) is 7.61. The first-order chi connectivity index (χ1) is 11.5. The Bertz CT molecular complexity index is 830. The molecule has 1 amide bonds. The topological polar surface area (TPSA) is 36.4 Å². The molecule has 0 spiro atoms. The smallest absolute Gasteiger partial charge is 0.234 e. The van der Waals surface area contributed by atoms with Crippen molar-refractivity contribution in [2.75, 3.05) is 32.1 Å². The average molecular weight is 380 g/mol. The lowest BCUT2D eigenvalue weighted by Crippen LogP contribution is -2.37. The van der Waals surface area contributed by atoms with Crippen LogP contribution in [0, 0.1) is 0 Å². The Balaban J connectivity index is 1.88. The van der Waals surface area contributed by atoms with Crippen molar-refractivity contribution in [2.45, 2.75) is 6.42 Å². The molecule has 0 aliphatic carbocycles. The van der Waals surface area contributed by atoms with Crippen LogP contribution in [0.3, 0.4) is 0 Å². The van der Waals surface area contributed by atoms with Crippen molar-refractivity contribution < 1.29 is 4.79 Å². The number of halogens is 1. The molecule has 0 radical (unpaired) electrons. The molecule has 2 heterocycles. The number of likely N-dealkylation sites (N-methyl/N-ethyl adjacent to an activating group) is 1. The number of nitrogens with zero attached hydrogens (tertiary/aromatic N) is 3. The van der Waals surface area contributed by atoms with E-state index in [-0.39, 0.29) is 5.91 Å². The van der Waals surface area contributed by atoms with Gasteiger partial charge in [0.05, 0.1) is 16.6 Å². The van der Waals surface area contributed by atoms with Crippen LogP contribution in [0.2, 0.25) is 5.02 Å². The Hall–Kier alpha value is -1.47. The second-order valence-electron chi connectivity index (χ2n) is 5.71. The van der Waals surface area contributed by atoms with Crippen molar-refractivity contribution in [2.24, 2.45) is 0 Å². The third-order valence-electron chi connectivity index (χ3n) is 3.55. The Morgan fingerprint density at radius 2 is 2.08 bits per heavy atom. The fourth-order valence-electron chi connectivity index (χ4n) is 2.29. The summed E-state index contributed by atoms with van der Waals surface area (Å²) >= 11 is 9.17. The monoisotopic (exact) mass is 379 g/mol. The van der Waals surface area contributed by atoms with Crippen molar-refractivity contribution in [3.05, 3.63) is 45.6 Å². The van der Waals surface area contributed by atoms with Gasteiger partial charge >= 0.3 is 0 Å². The fraction of sp³-hybridized carbons (Fsp3) is 0.294. The summed E-state index contributed by atoms with van der Waals surface area (Å²) in [6, 6.07) is 9.57. The van der Waals surface area contributed by atoms with Gasteiger partial charge in [0, 0.05) is 23.0 Å². The van der Waals surface area contributed by atoms with Crippen molar-refractivity contribution in [3.63, 3.8) is 0 Å². The first-order valence-electron chi connectivity index (χ1n) is 7.56. The molecule has 0 atom stereocenters. The summed E-state index contributed by atoms with van der Waals surface area (Å²) in [5.41, 5.74) is 0.873. The van der Waals surface area contributed by atoms with Gasteiger partial charge in [-0.15, -0.1) is 11.3 Å². The lowest BCUT2D eigenvalue weighted by atomic mass is 10.3. The van der Waals surface area contributed by atoms with E-state index in [1.165, 1.54) is 11.3 Å². The van der Waals surface area contributed by atoms with Crippen LogP contribution in [-0.4, -0.2) is 43.0 Å². The third kappa shape index (κ3) is 4.13. The molecule has 0 aliphatic rings. The van der Waals surface area contributed by atoms with Crippen molar-refractivity contribution in [1.82, 2.24) is 9.88 Å². The van der Waals surface area contributed by atoms with Crippen molar-refractivity contribution in [3.8, 4) is 0 Å². The van der Waals surface area contributed by atoms with Crippen LogP contribution in [0.1, 0.15) is 4.88 Å². The van der Waals surface area contributed by atoms with E-state index in [0.717, 1.165) is 26.8 Å². The van der Waals surface area contributed by atoms with E-state index in [9.17, 15) is 4.79 Å². The molecule has 4 nitrogen and oxygen atoms in total. The number of carbonyl (C=O) groups excluding carboxylic acids is 1. The number of aromatic nitrogens is 1. The standard InChI is InChI=1S/C17H18ClN3OS2/c1-20(2)7-8-21(16(22)11-13-4-3-9-23-13)17-19-14-6-5-12(18)10-15(14)24-17/h3-6,9-10H,7-8,11H2,1-2H3. The zero-order valence-corrected chi connectivity index (χ0v) is 15.9. The number of hydrogen-bond acceptors (Lipinski definition) is 5. The van der Waals surface area contributed by atoms with Crippen molar-refractivity contribution in [1.29, 1.82) is 0 Å². The molecular weight excluding hydrogens is 362 g/mol. The minimum atomic E-state index is 0.0736. The van der Waals surface area contributed by atoms with Crippen LogP contribution in [0.25, 0.3) is 10.2 Å². The molecule has 0 saturated carbocycles. The van der Waals surface area contributed by atoms with Crippen LogP contribution in [0.4, 0.5) is 5.13 Å². The van der Waals surface area contributed by atoms with Gasteiger partial charge < -0.3 is 4.90 Å². The zero-order chi connectivity index (χ0) is 17.1.